The minimum atomic E-state index is -1.42. The van der Waals surface area contributed by atoms with Crippen molar-refractivity contribution < 1.29 is 33.0 Å². The van der Waals surface area contributed by atoms with E-state index in [-0.39, 0.29) is 24.5 Å². The van der Waals surface area contributed by atoms with Crippen molar-refractivity contribution in [3.05, 3.63) is 69.4 Å². The van der Waals surface area contributed by atoms with Crippen LogP contribution in [0.4, 0.5) is 14.0 Å². The zero-order valence-electron chi connectivity index (χ0n) is 22.9. The highest BCUT2D eigenvalue weighted by Gasteiger charge is 2.58. The van der Waals surface area contributed by atoms with Crippen LogP contribution in [0.25, 0.3) is 0 Å². The molecule has 2 heterocycles. The lowest BCUT2D eigenvalue weighted by Gasteiger charge is -2.38. The third kappa shape index (κ3) is 5.95. The van der Waals surface area contributed by atoms with Crippen LogP contribution in [-0.4, -0.2) is 71.0 Å². The van der Waals surface area contributed by atoms with Gasteiger partial charge in [-0.05, 0) is 61.1 Å². The highest BCUT2D eigenvalue weighted by Crippen LogP contribution is 2.46. The van der Waals surface area contributed by atoms with Crippen LogP contribution in [0.3, 0.4) is 0 Å². The monoisotopic (exact) mass is 629 g/mol. The fourth-order valence-electron chi connectivity index (χ4n) is 5.81. The molecule has 2 aliphatic heterocycles. The van der Waals surface area contributed by atoms with Gasteiger partial charge in [0.05, 0.1) is 6.61 Å². The van der Waals surface area contributed by atoms with E-state index in [1.54, 1.807) is 34.1 Å². The number of amides is 4. The molecule has 2 aromatic rings. The molecule has 2 saturated heterocycles. The molecule has 0 saturated carbocycles. The Labute approximate surface area is 246 Å². The minimum absolute atomic E-state index is 0.170. The number of ether oxygens (including phenoxy) is 2. The molecule has 0 N–H and O–H groups in total. The second-order valence-electron chi connectivity index (χ2n) is 10.7. The fourth-order valence-corrected chi connectivity index (χ4v) is 6.22. The first-order chi connectivity index (χ1) is 19.7. The van der Waals surface area contributed by atoms with Gasteiger partial charge >= 0.3 is 12.2 Å². The van der Waals surface area contributed by atoms with E-state index in [9.17, 15) is 23.6 Å². The summed E-state index contributed by atoms with van der Waals surface area (Å²) in [5, 5.41) is 0. The first-order valence-electron chi connectivity index (χ1n) is 14.0. The fraction of sp³-hybridized carbons (Fsp3) is 0.467. The normalized spacial score (nSPS) is 20.4. The maximum atomic E-state index is 13.8. The molecule has 0 radical (unpaired) electrons. The predicted octanol–water partition coefficient (Wildman–Crippen LogP) is 5.14. The number of piperidine rings is 1. The van der Waals surface area contributed by atoms with Crippen LogP contribution in [0.15, 0.2) is 46.9 Å². The van der Waals surface area contributed by atoms with Crippen LogP contribution in [0.2, 0.25) is 0 Å². The molecule has 41 heavy (non-hydrogen) atoms. The van der Waals surface area contributed by atoms with E-state index in [1.807, 2.05) is 13.0 Å². The van der Waals surface area contributed by atoms with Crippen molar-refractivity contribution in [3.8, 4) is 0 Å². The van der Waals surface area contributed by atoms with Crippen LogP contribution in [0.5, 0.6) is 0 Å². The molecule has 0 bridgehead atoms. The standard InChI is InChI=1S/C30H33BrFN3O6/c1-2-3-16-40-28(38)33-14-11-24(12-15-33)34(18-20-4-7-23(32)8-5-20)26(36)19-35-27(37)30(41-29(35)39)13-10-21-17-22(31)6-9-25(21)30/h4-9,17,24H,2-3,10-16,18-19H2,1H3. The van der Waals surface area contributed by atoms with Gasteiger partial charge in [-0.2, -0.15) is 0 Å². The summed E-state index contributed by atoms with van der Waals surface area (Å²) in [5.74, 6) is -1.35. The zero-order chi connectivity index (χ0) is 29.1. The summed E-state index contributed by atoms with van der Waals surface area (Å²) in [4.78, 5) is 57.0. The number of aryl methyl sites for hydroxylation is 1. The predicted molar refractivity (Wildman–Crippen MR) is 150 cm³/mol. The number of rotatable bonds is 8. The topological polar surface area (TPSA) is 96.5 Å². The molecule has 5 rings (SSSR count). The van der Waals surface area contributed by atoms with Crippen molar-refractivity contribution in [1.82, 2.24) is 14.7 Å². The van der Waals surface area contributed by atoms with E-state index in [1.165, 1.54) is 12.1 Å². The van der Waals surface area contributed by atoms with Gasteiger partial charge in [-0.1, -0.05) is 47.5 Å². The lowest BCUT2D eigenvalue weighted by Crippen LogP contribution is -2.51. The van der Waals surface area contributed by atoms with Gasteiger partial charge in [0.15, 0.2) is 0 Å². The Morgan fingerprint density at radius 1 is 1.15 bits per heavy atom. The molecule has 11 heteroatoms. The van der Waals surface area contributed by atoms with Gasteiger partial charge in [0.2, 0.25) is 11.5 Å². The molecule has 2 aromatic carbocycles. The van der Waals surface area contributed by atoms with Crippen molar-refractivity contribution in [2.45, 2.75) is 63.6 Å². The van der Waals surface area contributed by atoms with Gasteiger partial charge in [0.1, 0.15) is 12.4 Å². The van der Waals surface area contributed by atoms with Gasteiger partial charge in [0.25, 0.3) is 5.91 Å². The average molecular weight is 631 g/mol. The van der Waals surface area contributed by atoms with Crippen LogP contribution in [0.1, 0.15) is 55.7 Å². The number of unbranched alkanes of at least 4 members (excludes halogenated alkanes) is 1. The maximum absolute atomic E-state index is 13.8. The van der Waals surface area contributed by atoms with Crippen molar-refractivity contribution >= 4 is 39.9 Å². The maximum Gasteiger partial charge on any atom is 0.418 e. The number of hydrogen-bond acceptors (Lipinski definition) is 6. The molecule has 9 nitrogen and oxygen atoms in total. The largest absolute Gasteiger partial charge is 0.449 e. The number of fused-ring (bicyclic) bond motifs is 2. The van der Waals surface area contributed by atoms with E-state index in [0.29, 0.717) is 56.5 Å². The molecule has 218 valence electrons. The van der Waals surface area contributed by atoms with Crippen molar-refractivity contribution in [2.24, 2.45) is 0 Å². The molecule has 2 fully saturated rings. The summed E-state index contributed by atoms with van der Waals surface area (Å²) in [6, 6.07) is 11.1. The lowest BCUT2D eigenvalue weighted by molar-refractivity contribution is -0.143. The number of carbonyl (C=O) groups is 4. The third-order valence-corrected chi connectivity index (χ3v) is 8.58. The van der Waals surface area contributed by atoms with Gasteiger partial charge in [0, 0.05) is 42.1 Å². The molecule has 0 aromatic heterocycles. The molecule has 3 aliphatic rings. The number of nitrogens with zero attached hydrogens (tertiary/aromatic N) is 3. The molecule has 1 atom stereocenters. The van der Waals surface area contributed by atoms with Crippen LogP contribution in [0, 0.1) is 5.82 Å². The molecule has 1 aliphatic carbocycles. The average Bonchev–Trinajstić information content (AvgIpc) is 3.44. The summed E-state index contributed by atoms with van der Waals surface area (Å²) in [6.07, 6.45) is 2.41. The number of imide groups is 1. The summed E-state index contributed by atoms with van der Waals surface area (Å²) in [6.45, 7) is 2.90. The second-order valence-corrected chi connectivity index (χ2v) is 11.6. The molecule has 4 amide bonds. The van der Waals surface area contributed by atoms with Gasteiger partial charge in [-0.15, -0.1) is 0 Å². The van der Waals surface area contributed by atoms with E-state index in [0.717, 1.165) is 27.8 Å². The van der Waals surface area contributed by atoms with Gasteiger partial charge in [-0.3, -0.25) is 9.59 Å². The number of benzene rings is 2. The number of hydrogen-bond donors (Lipinski definition) is 0. The van der Waals surface area contributed by atoms with E-state index in [4.69, 9.17) is 9.47 Å². The Balaban J connectivity index is 1.31. The van der Waals surface area contributed by atoms with Gasteiger partial charge in [-0.25, -0.2) is 18.9 Å². The summed E-state index contributed by atoms with van der Waals surface area (Å²) in [7, 11) is 0. The highest BCUT2D eigenvalue weighted by molar-refractivity contribution is 9.10. The van der Waals surface area contributed by atoms with Gasteiger partial charge < -0.3 is 19.3 Å². The number of likely N-dealkylation sites (tertiary alicyclic amines) is 1. The summed E-state index contributed by atoms with van der Waals surface area (Å²) < 4.78 is 25.5. The number of carbonyl (C=O) groups excluding carboxylic acids is 4. The smallest absolute Gasteiger partial charge is 0.418 e. The van der Waals surface area contributed by atoms with E-state index >= 15 is 0 Å². The van der Waals surface area contributed by atoms with Crippen molar-refractivity contribution in [1.29, 1.82) is 0 Å². The quantitative estimate of drug-likeness (QED) is 0.375. The first kappa shape index (κ1) is 29.0. The Morgan fingerprint density at radius 3 is 2.59 bits per heavy atom. The Hall–Kier alpha value is -3.47. The highest BCUT2D eigenvalue weighted by atomic mass is 79.9. The molecular weight excluding hydrogens is 597 g/mol. The summed E-state index contributed by atoms with van der Waals surface area (Å²) in [5.41, 5.74) is 0.865. The Kier molecular flexibility index (Phi) is 8.63. The van der Waals surface area contributed by atoms with Crippen molar-refractivity contribution in [2.75, 3.05) is 26.2 Å². The zero-order valence-corrected chi connectivity index (χ0v) is 24.5. The van der Waals surface area contributed by atoms with Crippen LogP contribution < -0.4 is 0 Å². The van der Waals surface area contributed by atoms with Crippen molar-refractivity contribution in [3.63, 3.8) is 0 Å². The Bertz CT molecular complexity index is 1330. The summed E-state index contributed by atoms with van der Waals surface area (Å²) >= 11 is 3.44. The SMILES string of the molecule is CCCCOC(=O)N1CCC(N(Cc2ccc(F)cc2)C(=O)CN2C(=O)OC3(CCc4cc(Br)ccc43)C2=O)CC1. The second kappa shape index (κ2) is 12.2. The molecule has 1 spiro atoms. The Morgan fingerprint density at radius 2 is 1.88 bits per heavy atom. The minimum Gasteiger partial charge on any atom is -0.449 e. The van der Waals surface area contributed by atoms with Crippen LogP contribution >= 0.6 is 15.9 Å². The third-order valence-electron chi connectivity index (χ3n) is 8.09. The van der Waals surface area contributed by atoms with E-state index < -0.39 is 30.1 Å². The number of halogens is 2. The first-order valence-corrected chi connectivity index (χ1v) is 14.8. The molecule has 1 unspecified atom stereocenters. The van der Waals surface area contributed by atoms with Crippen LogP contribution in [-0.2, 0) is 37.6 Å². The molecular formula is C30H33BrFN3O6. The lowest BCUT2D eigenvalue weighted by atomic mass is 9.95. The van der Waals surface area contributed by atoms with E-state index in [2.05, 4.69) is 15.9 Å².